The van der Waals surface area contributed by atoms with Gasteiger partial charge in [0.1, 0.15) is 0 Å². The minimum absolute atomic E-state index is 0.132. The summed E-state index contributed by atoms with van der Waals surface area (Å²) in [6.07, 6.45) is 3.23. The van der Waals surface area contributed by atoms with Crippen molar-refractivity contribution < 1.29 is 4.79 Å². The predicted octanol–water partition coefficient (Wildman–Crippen LogP) is 2.50. The number of rotatable bonds is 1. The zero-order chi connectivity index (χ0) is 9.69. The topological polar surface area (TPSA) is 20.3 Å². The van der Waals surface area contributed by atoms with Crippen LogP contribution in [0.1, 0.15) is 26.2 Å². The van der Waals surface area contributed by atoms with Crippen LogP contribution in [0.15, 0.2) is 0 Å². The lowest BCUT2D eigenvalue weighted by Crippen LogP contribution is -2.35. The Labute approximate surface area is 95.3 Å². The molecule has 4 heteroatoms. The fraction of sp³-hybridized carbons (Fsp3) is 0.889. The maximum atomic E-state index is 12.0. The van der Waals surface area contributed by atoms with Gasteiger partial charge in [0.2, 0.25) is 5.91 Å². The number of amides is 1. The van der Waals surface area contributed by atoms with Crippen LogP contribution in [-0.4, -0.2) is 27.1 Å². The van der Waals surface area contributed by atoms with Gasteiger partial charge >= 0.3 is 0 Å². The first kappa shape index (κ1) is 9.97. The maximum absolute atomic E-state index is 12.0. The molecule has 2 fully saturated rings. The molecule has 0 N–H and O–H groups in total. The zero-order valence-electron chi connectivity index (χ0n) is 7.65. The first-order valence-electron chi connectivity index (χ1n) is 4.65. The van der Waals surface area contributed by atoms with Gasteiger partial charge in [-0.3, -0.25) is 4.79 Å². The van der Waals surface area contributed by atoms with Crippen LogP contribution in [0.5, 0.6) is 0 Å². The Hall–Kier alpha value is 0.430. The van der Waals surface area contributed by atoms with Crippen molar-refractivity contribution in [3.8, 4) is 0 Å². The molecule has 1 saturated carbocycles. The van der Waals surface area contributed by atoms with Gasteiger partial charge in [-0.15, -0.1) is 0 Å². The molecule has 0 bridgehead atoms. The molecule has 0 aromatic heterocycles. The summed E-state index contributed by atoms with van der Waals surface area (Å²) in [6.45, 7) is 3.92. The van der Waals surface area contributed by atoms with Crippen molar-refractivity contribution in [3.05, 3.63) is 0 Å². The molecule has 1 aliphatic carbocycles. The largest absolute Gasteiger partial charge is 0.342 e. The van der Waals surface area contributed by atoms with E-state index in [1.807, 2.05) is 11.8 Å². The molecule has 74 valence electrons. The van der Waals surface area contributed by atoms with Crippen LogP contribution in [0, 0.1) is 5.41 Å². The van der Waals surface area contributed by atoms with E-state index in [4.69, 9.17) is 0 Å². The number of alkyl halides is 2. The van der Waals surface area contributed by atoms with Crippen molar-refractivity contribution in [3.63, 3.8) is 0 Å². The van der Waals surface area contributed by atoms with E-state index in [1.54, 1.807) is 0 Å². The smallest absolute Gasteiger partial charge is 0.230 e. The van der Waals surface area contributed by atoms with Crippen molar-refractivity contribution in [2.75, 3.05) is 13.1 Å². The summed E-state index contributed by atoms with van der Waals surface area (Å²) in [5.74, 6) is 0.304. The minimum atomic E-state index is -0.211. The van der Waals surface area contributed by atoms with Gasteiger partial charge in [-0.25, -0.2) is 0 Å². The molecule has 1 saturated heterocycles. The number of halogens is 2. The molecule has 1 amide bonds. The van der Waals surface area contributed by atoms with Crippen LogP contribution in [0.2, 0.25) is 0 Å². The molecule has 0 spiro atoms. The molecule has 0 aromatic rings. The highest BCUT2D eigenvalue weighted by molar-refractivity contribution is 9.25. The van der Waals surface area contributed by atoms with Crippen LogP contribution in [-0.2, 0) is 4.79 Å². The van der Waals surface area contributed by atoms with E-state index in [1.165, 1.54) is 12.8 Å². The normalized spacial score (nSPS) is 36.4. The van der Waals surface area contributed by atoms with Crippen LogP contribution >= 0.6 is 31.9 Å². The second-order valence-electron chi connectivity index (χ2n) is 4.21. The van der Waals surface area contributed by atoms with Crippen molar-refractivity contribution >= 4 is 37.8 Å². The Bertz CT molecular complexity index is 248. The van der Waals surface area contributed by atoms with Crippen molar-refractivity contribution in [1.82, 2.24) is 4.90 Å². The number of likely N-dealkylation sites (tertiary alicyclic amines) is 1. The molecule has 0 unspecified atom stereocenters. The third-order valence-corrected chi connectivity index (χ3v) is 5.43. The lowest BCUT2D eigenvalue weighted by molar-refractivity contribution is -0.135. The van der Waals surface area contributed by atoms with Crippen molar-refractivity contribution in [2.24, 2.45) is 5.41 Å². The Morgan fingerprint density at radius 1 is 1.31 bits per heavy atom. The first-order chi connectivity index (χ1) is 5.97. The molecule has 2 nitrogen and oxygen atoms in total. The summed E-state index contributed by atoms with van der Waals surface area (Å²) in [5, 5.41) is 0. The average molecular weight is 311 g/mol. The van der Waals surface area contributed by atoms with E-state index in [0.29, 0.717) is 5.91 Å². The standard InChI is InChI=1S/C9H13Br2NO/c1-8(6-9(8,10)11)7(13)12-4-2-3-5-12/h2-6H2,1H3/t8-/m1/s1. The Morgan fingerprint density at radius 3 is 2.15 bits per heavy atom. The molecule has 2 aliphatic rings. The first-order valence-corrected chi connectivity index (χ1v) is 6.23. The third-order valence-electron chi connectivity index (χ3n) is 3.12. The number of nitrogens with zero attached hydrogens (tertiary/aromatic N) is 1. The quantitative estimate of drug-likeness (QED) is 0.682. The van der Waals surface area contributed by atoms with E-state index in [9.17, 15) is 4.79 Å². The second kappa shape index (κ2) is 2.96. The molecule has 2 rings (SSSR count). The fourth-order valence-electron chi connectivity index (χ4n) is 1.90. The van der Waals surface area contributed by atoms with Gasteiger partial charge in [0.15, 0.2) is 0 Å². The van der Waals surface area contributed by atoms with Gasteiger partial charge in [0, 0.05) is 13.1 Å². The van der Waals surface area contributed by atoms with E-state index >= 15 is 0 Å². The molecular weight excluding hydrogens is 298 g/mol. The highest BCUT2D eigenvalue weighted by Crippen LogP contribution is 2.67. The Balaban J connectivity index is 2.06. The Kier molecular flexibility index (Phi) is 2.27. The molecule has 0 aromatic carbocycles. The van der Waals surface area contributed by atoms with E-state index in [2.05, 4.69) is 31.9 Å². The van der Waals surface area contributed by atoms with E-state index in [-0.39, 0.29) is 8.65 Å². The van der Waals surface area contributed by atoms with Crippen molar-refractivity contribution in [1.29, 1.82) is 0 Å². The second-order valence-corrected chi connectivity index (χ2v) is 7.98. The van der Waals surface area contributed by atoms with Gasteiger partial charge < -0.3 is 4.90 Å². The third kappa shape index (κ3) is 1.46. The van der Waals surface area contributed by atoms with Gasteiger partial charge in [-0.1, -0.05) is 31.9 Å². The highest BCUT2D eigenvalue weighted by Gasteiger charge is 2.67. The summed E-state index contributed by atoms with van der Waals surface area (Å²) >= 11 is 7.05. The van der Waals surface area contributed by atoms with Gasteiger partial charge in [0.05, 0.1) is 8.65 Å². The Morgan fingerprint density at radius 2 is 1.77 bits per heavy atom. The van der Waals surface area contributed by atoms with Gasteiger partial charge in [-0.2, -0.15) is 0 Å². The molecule has 1 aliphatic heterocycles. The number of hydrogen-bond acceptors (Lipinski definition) is 1. The molecule has 13 heavy (non-hydrogen) atoms. The predicted molar refractivity (Wildman–Crippen MR) is 59.1 cm³/mol. The SMILES string of the molecule is C[C@]1(C(=O)N2CCCC2)CC1(Br)Br. The van der Waals surface area contributed by atoms with E-state index < -0.39 is 0 Å². The maximum Gasteiger partial charge on any atom is 0.230 e. The summed E-state index contributed by atoms with van der Waals surface area (Å²) < 4.78 is -0.132. The summed E-state index contributed by atoms with van der Waals surface area (Å²) in [6, 6.07) is 0. The molecule has 1 atom stereocenters. The summed E-state index contributed by atoms with van der Waals surface area (Å²) in [7, 11) is 0. The fourth-order valence-corrected chi connectivity index (χ4v) is 3.36. The van der Waals surface area contributed by atoms with Crippen LogP contribution < -0.4 is 0 Å². The van der Waals surface area contributed by atoms with Crippen LogP contribution in [0.3, 0.4) is 0 Å². The van der Waals surface area contributed by atoms with Gasteiger partial charge in [-0.05, 0) is 26.2 Å². The molecular formula is C9H13Br2NO. The van der Waals surface area contributed by atoms with Crippen LogP contribution in [0.4, 0.5) is 0 Å². The monoisotopic (exact) mass is 309 g/mol. The van der Waals surface area contributed by atoms with Crippen LogP contribution in [0.25, 0.3) is 0 Å². The zero-order valence-corrected chi connectivity index (χ0v) is 10.8. The lowest BCUT2D eigenvalue weighted by Gasteiger charge is -2.21. The average Bonchev–Trinajstić information content (AvgIpc) is 2.55. The number of carbonyl (C=O) groups is 1. The lowest BCUT2D eigenvalue weighted by atomic mass is 10.1. The highest BCUT2D eigenvalue weighted by atomic mass is 79.9. The van der Waals surface area contributed by atoms with Crippen molar-refractivity contribution in [2.45, 2.75) is 29.4 Å². The summed E-state index contributed by atoms with van der Waals surface area (Å²) in [5.41, 5.74) is -0.211. The number of hydrogen-bond donors (Lipinski definition) is 0. The summed E-state index contributed by atoms with van der Waals surface area (Å²) in [4.78, 5) is 14.0. The van der Waals surface area contributed by atoms with Gasteiger partial charge in [0.25, 0.3) is 0 Å². The molecule has 0 radical (unpaired) electrons. The minimum Gasteiger partial charge on any atom is -0.342 e. The molecule has 1 heterocycles. The number of carbonyl (C=O) groups excluding carboxylic acids is 1. The van der Waals surface area contributed by atoms with E-state index in [0.717, 1.165) is 19.5 Å².